The number of nitrogens with one attached hydrogen (secondary N) is 2. The Kier molecular flexibility index (Phi) is 8.36. The van der Waals surface area contributed by atoms with Crippen LogP contribution in [0.5, 0.6) is 0 Å². The van der Waals surface area contributed by atoms with Crippen molar-refractivity contribution in [3.63, 3.8) is 0 Å². The first-order valence-corrected chi connectivity index (χ1v) is 9.78. The number of hydrogen-bond acceptors (Lipinski definition) is 5. The Hall–Kier alpha value is -2.70. The predicted octanol–water partition coefficient (Wildman–Crippen LogP) is 4.00. The average molecular weight is 398 g/mol. The molecule has 29 heavy (non-hydrogen) atoms. The van der Waals surface area contributed by atoms with Gasteiger partial charge in [0.25, 0.3) is 5.91 Å². The molecule has 2 aromatic rings. The molecular weight excluding hydrogens is 366 g/mol. The topological polar surface area (TPSA) is 72.0 Å². The van der Waals surface area contributed by atoms with Crippen molar-refractivity contribution in [2.75, 3.05) is 14.2 Å². The minimum Gasteiger partial charge on any atom is -0.398 e. The second-order valence-electron chi connectivity index (χ2n) is 7.21. The van der Waals surface area contributed by atoms with E-state index in [1.54, 1.807) is 7.05 Å². The fourth-order valence-electron chi connectivity index (χ4n) is 3.27. The summed E-state index contributed by atoms with van der Waals surface area (Å²) < 4.78 is 0. The molecule has 0 saturated carbocycles. The lowest BCUT2D eigenvalue weighted by Crippen LogP contribution is -2.30. The molecule has 0 saturated heterocycles. The molecule has 6 heteroatoms. The van der Waals surface area contributed by atoms with E-state index in [0.29, 0.717) is 11.5 Å². The van der Waals surface area contributed by atoms with Gasteiger partial charge in [-0.2, -0.15) is 5.48 Å². The van der Waals surface area contributed by atoms with Gasteiger partial charge in [0.1, 0.15) is 7.11 Å². The molecule has 0 spiro atoms. The molecule has 0 aromatic heterocycles. The number of benzene rings is 2. The molecule has 2 aromatic carbocycles. The van der Waals surface area contributed by atoms with E-state index in [2.05, 4.69) is 54.9 Å². The van der Waals surface area contributed by atoms with Gasteiger partial charge in [-0.1, -0.05) is 61.5 Å². The van der Waals surface area contributed by atoms with E-state index in [9.17, 15) is 4.79 Å². The summed E-state index contributed by atoms with van der Waals surface area (Å²) >= 11 is 0. The van der Waals surface area contributed by atoms with Crippen LogP contribution >= 0.6 is 0 Å². The zero-order valence-electron chi connectivity index (χ0n) is 18.1. The Bertz CT molecular complexity index is 862. The molecule has 0 aliphatic rings. The minimum atomic E-state index is -0.314. The molecule has 2 N–H and O–H groups in total. The number of amides is 1. The SMILES string of the molecule is CNC(=O)/C(=N/OC)c1cccc(C)c1CONC(C)c1ccccc1C(C)C. The van der Waals surface area contributed by atoms with Crippen LogP contribution in [0.1, 0.15) is 60.5 Å². The molecule has 0 bridgehead atoms. The first-order chi connectivity index (χ1) is 13.9. The highest BCUT2D eigenvalue weighted by Gasteiger charge is 2.19. The summed E-state index contributed by atoms with van der Waals surface area (Å²) in [5.41, 5.74) is 8.43. The van der Waals surface area contributed by atoms with Crippen molar-refractivity contribution in [1.82, 2.24) is 10.8 Å². The molecule has 0 aliphatic carbocycles. The molecule has 0 heterocycles. The lowest BCUT2D eigenvalue weighted by molar-refractivity contribution is -0.114. The van der Waals surface area contributed by atoms with Crippen LogP contribution in [0.4, 0.5) is 0 Å². The maximum absolute atomic E-state index is 12.3. The highest BCUT2D eigenvalue weighted by Crippen LogP contribution is 2.25. The van der Waals surface area contributed by atoms with Crippen molar-refractivity contribution in [3.05, 3.63) is 70.3 Å². The first-order valence-electron chi connectivity index (χ1n) is 9.78. The standard InChI is InChI=1S/C23H31N3O3/c1-15(2)18-11-7-8-12-19(18)17(4)25-29-14-21-16(3)10-9-13-20(21)22(26-28-6)23(27)24-5/h7-13,15,17,25H,14H2,1-6H3,(H,24,27)/b26-22+. The van der Waals surface area contributed by atoms with E-state index in [-0.39, 0.29) is 24.3 Å². The van der Waals surface area contributed by atoms with Crippen LogP contribution < -0.4 is 10.8 Å². The highest BCUT2D eigenvalue weighted by atomic mass is 16.6. The molecule has 156 valence electrons. The second kappa shape index (κ2) is 10.7. The van der Waals surface area contributed by atoms with Gasteiger partial charge in [0.2, 0.25) is 0 Å². The predicted molar refractivity (Wildman–Crippen MR) is 116 cm³/mol. The number of carbonyl (C=O) groups is 1. The van der Waals surface area contributed by atoms with Crippen molar-refractivity contribution < 1.29 is 14.5 Å². The summed E-state index contributed by atoms with van der Waals surface area (Å²) in [6.45, 7) is 8.70. The maximum atomic E-state index is 12.3. The summed E-state index contributed by atoms with van der Waals surface area (Å²) in [4.78, 5) is 23.0. The molecule has 1 atom stereocenters. The fraction of sp³-hybridized carbons (Fsp3) is 0.391. The van der Waals surface area contributed by atoms with Crippen molar-refractivity contribution in [1.29, 1.82) is 0 Å². The molecule has 1 amide bonds. The van der Waals surface area contributed by atoms with Gasteiger partial charge < -0.3 is 10.2 Å². The Morgan fingerprint density at radius 3 is 2.38 bits per heavy atom. The number of aryl methyl sites for hydroxylation is 1. The quantitative estimate of drug-likeness (QED) is 0.496. The highest BCUT2D eigenvalue weighted by molar-refractivity contribution is 6.45. The number of rotatable bonds is 9. The van der Waals surface area contributed by atoms with Gasteiger partial charge in [-0.25, -0.2) is 0 Å². The molecule has 0 aliphatic heterocycles. The smallest absolute Gasteiger partial charge is 0.273 e. The van der Waals surface area contributed by atoms with E-state index in [1.165, 1.54) is 18.2 Å². The lowest BCUT2D eigenvalue weighted by Gasteiger charge is -2.20. The number of likely N-dealkylation sites (N-methyl/N-ethyl adjacent to an activating group) is 1. The van der Waals surface area contributed by atoms with Crippen LogP contribution in [-0.2, 0) is 21.1 Å². The average Bonchev–Trinajstić information content (AvgIpc) is 2.72. The Morgan fingerprint density at radius 1 is 1.07 bits per heavy atom. The third-order valence-corrected chi connectivity index (χ3v) is 4.85. The van der Waals surface area contributed by atoms with Gasteiger partial charge >= 0.3 is 0 Å². The summed E-state index contributed by atoms with van der Waals surface area (Å²) in [6.07, 6.45) is 0. The minimum absolute atomic E-state index is 0.0205. The first kappa shape index (κ1) is 22.6. The van der Waals surface area contributed by atoms with Crippen LogP contribution in [0.15, 0.2) is 47.6 Å². The van der Waals surface area contributed by atoms with Gasteiger partial charge in [0, 0.05) is 12.6 Å². The van der Waals surface area contributed by atoms with Crippen LogP contribution in [0, 0.1) is 6.92 Å². The Morgan fingerprint density at radius 2 is 1.76 bits per heavy atom. The van der Waals surface area contributed by atoms with Crippen LogP contribution in [0.25, 0.3) is 0 Å². The number of carbonyl (C=O) groups excluding carboxylic acids is 1. The Balaban J connectivity index is 2.20. The second-order valence-corrected chi connectivity index (χ2v) is 7.21. The number of hydroxylamine groups is 1. The summed E-state index contributed by atoms with van der Waals surface area (Å²) in [5.74, 6) is 0.115. The molecule has 2 rings (SSSR count). The summed E-state index contributed by atoms with van der Waals surface area (Å²) in [5, 5.41) is 6.52. The van der Waals surface area contributed by atoms with Crippen LogP contribution in [0.2, 0.25) is 0 Å². The van der Waals surface area contributed by atoms with E-state index >= 15 is 0 Å². The summed E-state index contributed by atoms with van der Waals surface area (Å²) in [7, 11) is 2.99. The molecule has 6 nitrogen and oxygen atoms in total. The number of nitrogens with zero attached hydrogens (tertiary/aromatic N) is 1. The van der Waals surface area contributed by atoms with Gasteiger partial charge in [-0.05, 0) is 42.0 Å². The monoisotopic (exact) mass is 397 g/mol. The zero-order valence-corrected chi connectivity index (χ0v) is 18.1. The van der Waals surface area contributed by atoms with Crippen LogP contribution in [0.3, 0.4) is 0 Å². The fourth-order valence-corrected chi connectivity index (χ4v) is 3.27. The van der Waals surface area contributed by atoms with E-state index in [0.717, 1.165) is 11.1 Å². The Labute approximate surface area is 173 Å². The lowest BCUT2D eigenvalue weighted by atomic mass is 9.94. The van der Waals surface area contributed by atoms with E-state index in [4.69, 9.17) is 9.68 Å². The largest absolute Gasteiger partial charge is 0.398 e. The third-order valence-electron chi connectivity index (χ3n) is 4.85. The van der Waals surface area contributed by atoms with Crippen molar-refractivity contribution in [2.45, 2.75) is 46.3 Å². The van der Waals surface area contributed by atoms with Crippen LogP contribution in [-0.4, -0.2) is 25.8 Å². The van der Waals surface area contributed by atoms with Crippen molar-refractivity contribution in [3.8, 4) is 0 Å². The molecule has 0 fully saturated rings. The zero-order chi connectivity index (χ0) is 21.4. The maximum Gasteiger partial charge on any atom is 0.273 e. The van der Waals surface area contributed by atoms with Crippen molar-refractivity contribution >= 4 is 11.6 Å². The molecular formula is C23H31N3O3. The molecule has 1 unspecified atom stereocenters. The van der Waals surface area contributed by atoms with E-state index < -0.39 is 0 Å². The van der Waals surface area contributed by atoms with Gasteiger partial charge in [0.15, 0.2) is 5.71 Å². The van der Waals surface area contributed by atoms with Crippen molar-refractivity contribution in [2.24, 2.45) is 5.16 Å². The number of hydrogen-bond donors (Lipinski definition) is 2. The third kappa shape index (κ3) is 5.65. The molecule has 0 radical (unpaired) electrons. The van der Waals surface area contributed by atoms with Gasteiger partial charge in [0.05, 0.1) is 12.6 Å². The normalized spacial score (nSPS) is 12.7. The van der Waals surface area contributed by atoms with E-state index in [1.807, 2.05) is 31.2 Å². The summed E-state index contributed by atoms with van der Waals surface area (Å²) in [6, 6.07) is 14.1. The number of oxime groups is 1. The van der Waals surface area contributed by atoms with Gasteiger partial charge in [-0.15, -0.1) is 0 Å². The van der Waals surface area contributed by atoms with Gasteiger partial charge in [-0.3, -0.25) is 9.63 Å².